The van der Waals surface area contributed by atoms with Gasteiger partial charge >= 0.3 is 6.03 Å². The number of halogens is 1. The number of aliphatic hydroxyl groups excluding tert-OH is 1. The number of H-pyrrole nitrogens is 1. The fourth-order valence-electron chi connectivity index (χ4n) is 2.81. The summed E-state index contributed by atoms with van der Waals surface area (Å²) in [5.41, 5.74) is 2.95. The van der Waals surface area contributed by atoms with Gasteiger partial charge in [0.15, 0.2) is 0 Å². The molecule has 0 fully saturated rings. The van der Waals surface area contributed by atoms with Crippen molar-refractivity contribution in [3.05, 3.63) is 65.6 Å². The third kappa shape index (κ3) is 3.97. The smallest absolute Gasteiger partial charge is 0.319 e. The Hall–Kier alpha value is -2.86. The van der Waals surface area contributed by atoms with Crippen LogP contribution in [0.25, 0.3) is 10.9 Å². The van der Waals surface area contributed by atoms with Gasteiger partial charge in [-0.3, -0.25) is 0 Å². The Kier molecular flexibility index (Phi) is 5.00. The number of carbonyl (C=O) groups is 1. The van der Waals surface area contributed by atoms with Gasteiger partial charge < -0.3 is 20.7 Å². The number of urea groups is 1. The molecule has 2 amide bonds. The van der Waals surface area contributed by atoms with Crippen molar-refractivity contribution in [1.82, 2.24) is 10.3 Å². The van der Waals surface area contributed by atoms with E-state index >= 15 is 0 Å². The summed E-state index contributed by atoms with van der Waals surface area (Å²) in [5.74, 6) is -0.502. The standard InChI is InChI=1S/C19H20FN3O2/c1-12-6-7-16(20)18(8-12)23-19(25)22-14(11-24)9-13-10-21-17-5-3-2-4-15(13)17/h2-8,10,14,21,24H,9,11H2,1H3,(H2,22,23,25). The molecule has 130 valence electrons. The third-order valence-electron chi connectivity index (χ3n) is 4.07. The average Bonchev–Trinajstić information content (AvgIpc) is 3.00. The molecule has 3 rings (SSSR count). The SMILES string of the molecule is Cc1ccc(F)c(NC(=O)NC(CO)Cc2c[nH]c3ccccc23)c1. The normalized spacial score (nSPS) is 12.1. The molecule has 1 unspecified atom stereocenters. The van der Waals surface area contributed by atoms with Gasteiger partial charge in [0, 0.05) is 17.1 Å². The van der Waals surface area contributed by atoms with Crippen molar-refractivity contribution < 1.29 is 14.3 Å². The Balaban J connectivity index is 1.67. The Morgan fingerprint density at radius 2 is 2.08 bits per heavy atom. The molecule has 1 aromatic heterocycles. The summed E-state index contributed by atoms with van der Waals surface area (Å²) in [6, 6.07) is 11.3. The molecule has 1 heterocycles. The minimum Gasteiger partial charge on any atom is -0.394 e. The quantitative estimate of drug-likeness (QED) is 0.574. The second-order valence-electron chi connectivity index (χ2n) is 6.02. The highest BCUT2D eigenvalue weighted by Crippen LogP contribution is 2.19. The van der Waals surface area contributed by atoms with Crippen molar-refractivity contribution >= 4 is 22.6 Å². The summed E-state index contributed by atoms with van der Waals surface area (Å²) >= 11 is 0. The van der Waals surface area contributed by atoms with Crippen LogP contribution in [0.1, 0.15) is 11.1 Å². The number of rotatable bonds is 5. The summed E-state index contributed by atoms with van der Waals surface area (Å²) in [7, 11) is 0. The summed E-state index contributed by atoms with van der Waals surface area (Å²) in [6.45, 7) is 1.60. The van der Waals surface area contributed by atoms with Crippen LogP contribution in [0.4, 0.5) is 14.9 Å². The maximum atomic E-state index is 13.7. The van der Waals surface area contributed by atoms with Crippen molar-refractivity contribution in [3.8, 4) is 0 Å². The number of aryl methyl sites for hydroxylation is 1. The number of hydrogen-bond donors (Lipinski definition) is 4. The summed E-state index contributed by atoms with van der Waals surface area (Å²) in [5, 5.41) is 15.8. The van der Waals surface area contributed by atoms with Gasteiger partial charge in [0.05, 0.1) is 18.3 Å². The number of fused-ring (bicyclic) bond motifs is 1. The first-order valence-electron chi connectivity index (χ1n) is 8.06. The number of hydrogen-bond acceptors (Lipinski definition) is 2. The van der Waals surface area contributed by atoms with E-state index in [1.807, 2.05) is 37.4 Å². The van der Waals surface area contributed by atoms with E-state index in [9.17, 15) is 14.3 Å². The van der Waals surface area contributed by atoms with Gasteiger partial charge in [0.25, 0.3) is 0 Å². The van der Waals surface area contributed by atoms with Crippen LogP contribution in [-0.2, 0) is 6.42 Å². The molecule has 0 saturated heterocycles. The predicted octanol–water partition coefficient (Wildman–Crippen LogP) is 3.34. The average molecular weight is 341 g/mol. The van der Waals surface area contributed by atoms with Crippen LogP contribution in [0.5, 0.6) is 0 Å². The van der Waals surface area contributed by atoms with Gasteiger partial charge in [-0.25, -0.2) is 9.18 Å². The number of nitrogens with one attached hydrogen (secondary N) is 3. The summed E-state index contributed by atoms with van der Waals surface area (Å²) in [6.07, 6.45) is 2.33. The molecule has 4 N–H and O–H groups in total. The van der Waals surface area contributed by atoms with Crippen molar-refractivity contribution in [3.63, 3.8) is 0 Å². The molecule has 0 aliphatic rings. The van der Waals surface area contributed by atoms with Crippen LogP contribution in [0.15, 0.2) is 48.7 Å². The summed E-state index contributed by atoms with van der Waals surface area (Å²) < 4.78 is 13.7. The fraction of sp³-hybridized carbons (Fsp3) is 0.211. The van der Waals surface area contributed by atoms with E-state index in [1.165, 1.54) is 6.07 Å². The van der Waals surface area contributed by atoms with Crippen LogP contribution in [0, 0.1) is 12.7 Å². The van der Waals surface area contributed by atoms with Crippen molar-refractivity contribution in [2.75, 3.05) is 11.9 Å². The molecule has 2 aromatic carbocycles. The largest absolute Gasteiger partial charge is 0.394 e. The van der Waals surface area contributed by atoms with Gasteiger partial charge in [0.2, 0.25) is 0 Å². The van der Waals surface area contributed by atoms with E-state index in [2.05, 4.69) is 15.6 Å². The Morgan fingerprint density at radius 3 is 2.88 bits per heavy atom. The fourth-order valence-corrected chi connectivity index (χ4v) is 2.81. The molecule has 5 nitrogen and oxygen atoms in total. The highest BCUT2D eigenvalue weighted by molar-refractivity contribution is 5.90. The molecule has 1 atom stereocenters. The number of carbonyl (C=O) groups excluding carboxylic acids is 1. The van der Waals surface area contributed by atoms with Crippen molar-refractivity contribution in [2.24, 2.45) is 0 Å². The van der Waals surface area contributed by atoms with E-state index in [0.29, 0.717) is 6.42 Å². The molecule has 0 saturated carbocycles. The lowest BCUT2D eigenvalue weighted by atomic mass is 10.1. The highest BCUT2D eigenvalue weighted by atomic mass is 19.1. The topological polar surface area (TPSA) is 77.2 Å². The van der Waals surface area contributed by atoms with Crippen molar-refractivity contribution in [1.29, 1.82) is 0 Å². The Labute approximate surface area is 144 Å². The maximum absolute atomic E-state index is 13.7. The highest BCUT2D eigenvalue weighted by Gasteiger charge is 2.15. The first-order chi connectivity index (χ1) is 12.1. The lowest BCUT2D eigenvalue weighted by Crippen LogP contribution is -2.41. The maximum Gasteiger partial charge on any atom is 0.319 e. The predicted molar refractivity (Wildman–Crippen MR) is 96.2 cm³/mol. The van der Waals surface area contributed by atoms with Gasteiger partial charge in [-0.1, -0.05) is 24.3 Å². The number of aliphatic hydroxyl groups is 1. The number of benzene rings is 2. The second-order valence-corrected chi connectivity index (χ2v) is 6.02. The van der Waals surface area contributed by atoms with E-state index < -0.39 is 17.9 Å². The first-order valence-corrected chi connectivity index (χ1v) is 8.06. The minimum atomic E-state index is -0.552. The van der Waals surface area contributed by atoms with Gasteiger partial charge in [-0.05, 0) is 42.7 Å². The Bertz CT molecular complexity index is 891. The van der Waals surface area contributed by atoms with Crippen LogP contribution in [-0.4, -0.2) is 28.8 Å². The molecule has 0 radical (unpaired) electrons. The second kappa shape index (κ2) is 7.36. The van der Waals surface area contributed by atoms with E-state index in [0.717, 1.165) is 22.0 Å². The zero-order valence-corrected chi connectivity index (χ0v) is 13.8. The van der Waals surface area contributed by atoms with Crippen LogP contribution < -0.4 is 10.6 Å². The van der Waals surface area contributed by atoms with Gasteiger partial charge in [-0.2, -0.15) is 0 Å². The van der Waals surface area contributed by atoms with Crippen LogP contribution >= 0.6 is 0 Å². The minimum absolute atomic E-state index is 0.112. The first kappa shape index (κ1) is 17.0. The molecular formula is C19H20FN3O2. The molecule has 0 aliphatic carbocycles. The van der Waals surface area contributed by atoms with E-state index in [-0.39, 0.29) is 12.3 Å². The zero-order valence-electron chi connectivity index (χ0n) is 13.8. The number of anilines is 1. The van der Waals surface area contributed by atoms with Gasteiger partial charge in [0.1, 0.15) is 5.82 Å². The number of aromatic amines is 1. The number of amides is 2. The number of aromatic nitrogens is 1. The third-order valence-corrected chi connectivity index (χ3v) is 4.07. The molecule has 3 aromatic rings. The molecule has 25 heavy (non-hydrogen) atoms. The lowest BCUT2D eigenvalue weighted by Gasteiger charge is -2.17. The summed E-state index contributed by atoms with van der Waals surface area (Å²) in [4.78, 5) is 15.3. The molecular weight excluding hydrogens is 321 g/mol. The van der Waals surface area contributed by atoms with Crippen molar-refractivity contribution in [2.45, 2.75) is 19.4 Å². The molecule has 0 spiro atoms. The lowest BCUT2D eigenvalue weighted by molar-refractivity contribution is 0.224. The van der Waals surface area contributed by atoms with E-state index in [1.54, 1.807) is 12.1 Å². The molecule has 0 aliphatic heterocycles. The van der Waals surface area contributed by atoms with E-state index in [4.69, 9.17) is 0 Å². The molecule has 6 heteroatoms. The number of para-hydroxylation sites is 1. The monoisotopic (exact) mass is 341 g/mol. The Morgan fingerprint density at radius 1 is 1.28 bits per heavy atom. The van der Waals surface area contributed by atoms with Crippen LogP contribution in [0.3, 0.4) is 0 Å². The zero-order chi connectivity index (χ0) is 17.8. The van der Waals surface area contributed by atoms with Crippen LogP contribution in [0.2, 0.25) is 0 Å². The molecule has 0 bridgehead atoms. The van der Waals surface area contributed by atoms with Gasteiger partial charge in [-0.15, -0.1) is 0 Å².